The number of hydrogen-bond donors (Lipinski definition) is 2. The Morgan fingerprint density at radius 3 is 2.42 bits per heavy atom. The van der Waals surface area contributed by atoms with Crippen LogP contribution < -0.4 is 0 Å². The lowest BCUT2D eigenvalue weighted by atomic mass is 10.1. The van der Waals surface area contributed by atoms with Crippen molar-refractivity contribution < 1.29 is 10.2 Å². The molecule has 4 heteroatoms. The van der Waals surface area contributed by atoms with Crippen LogP contribution in [-0.4, -0.2) is 10.2 Å². The summed E-state index contributed by atoms with van der Waals surface area (Å²) in [5, 5.41) is 18.4. The molecule has 66 valence electrons. The number of phenolic OH excluding ortho intramolecular Hbond substituents is 1. The summed E-state index contributed by atoms with van der Waals surface area (Å²) in [7, 11) is 0. The van der Waals surface area contributed by atoms with Crippen LogP contribution in [-0.2, 0) is 6.61 Å². The van der Waals surface area contributed by atoms with Gasteiger partial charge in [0.25, 0.3) is 0 Å². The molecule has 0 spiro atoms. The van der Waals surface area contributed by atoms with Crippen molar-refractivity contribution in [2.24, 2.45) is 0 Å². The van der Waals surface area contributed by atoms with E-state index in [0.29, 0.717) is 8.95 Å². The first kappa shape index (κ1) is 10.0. The van der Waals surface area contributed by atoms with Crippen LogP contribution in [0.4, 0.5) is 0 Å². The summed E-state index contributed by atoms with van der Waals surface area (Å²) in [5.41, 5.74) is 1.51. The number of aliphatic hydroxyl groups excluding tert-OH is 1. The van der Waals surface area contributed by atoms with Crippen molar-refractivity contribution in [1.82, 2.24) is 0 Å². The molecule has 12 heavy (non-hydrogen) atoms. The van der Waals surface area contributed by atoms with Crippen LogP contribution in [0.15, 0.2) is 15.0 Å². The van der Waals surface area contributed by atoms with Gasteiger partial charge in [-0.25, -0.2) is 0 Å². The summed E-state index contributed by atoms with van der Waals surface area (Å²) in [6.45, 7) is 1.74. The number of phenols is 1. The van der Waals surface area contributed by atoms with Crippen molar-refractivity contribution in [2.45, 2.75) is 13.5 Å². The molecule has 0 amide bonds. The number of aliphatic hydroxyl groups is 1. The van der Waals surface area contributed by atoms with Gasteiger partial charge in [-0.15, -0.1) is 0 Å². The third-order valence-electron chi connectivity index (χ3n) is 1.62. The number of rotatable bonds is 1. The number of aromatic hydroxyl groups is 1. The summed E-state index contributed by atoms with van der Waals surface area (Å²) >= 11 is 6.47. The molecule has 0 aromatic heterocycles. The van der Waals surface area contributed by atoms with Gasteiger partial charge in [-0.05, 0) is 56.0 Å². The summed E-state index contributed by atoms with van der Waals surface area (Å²) in [5.74, 6) is 0.207. The molecule has 0 saturated heterocycles. The van der Waals surface area contributed by atoms with E-state index in [4.69, 9.17) is 5.11 Å². The van der Waals surface area contributed by atoms with Crippen molar-refractivity contribution in [3.8, 4) is 5.75 Å². The van der Waals surface area contributed by atoms with Crippen LogP contribution in [0.2, 0.25) is 0 Å². The van der Waals surface area contributed by atoms with E-state index in [1.165, 1.54) is 0 Å². The second kappa shape index (κ2) is 3.77. The molecular formula is C8H8Br2O2. The van der Waals surface area contributed by atoms with Crippen molar-refractivity contribution in [3.05, 3.63) is 26.1 Å². The van der Waals surface area contributed by atoms with Gasteiger partial charge < -0.3 is 10.2 Å². The zero-order valence-corrected chi connectivity index (χ0v) is 9.61. The normalized spacial score (nSPS) is 10.3. The van der Waals surface area contributed by atoms with Crippen molar-refractivity contribution >= 4 is 31.9 Å². The fourth-order valence-corrected chi connectivity index (χ4v) is 1.92. The SMILES string of the molecule is Cc1cc(CO)c(Br)c(Br)c1O. The van der Waals surface area contributed by atoms with Gasteiger partial charge in [-0.1, -0.05) is 0 Å². The molecule has 1 aromatic rings. The predicted molar refractivity (Wildman–Crippen MR) is 54.2 cm³/mol. The maximum atomic E-state index is 9.45. The molecule has 0 saturated carbocycles. The number of benzene rings is 1. The van der Waals surface area contributed by atoms with Gasteiger partial charge in [0.2, 0.25) is 0 Å². The quantitative estimate of drug-likeness (QED) is 0.836. The van der Waals surface area contributed by atoms with Crippen LogP contribution in [0.3, 0.4) is 0 Å². The molecule has 0 bridgehead atoms. The fourth-order valence-electron chi connectivity index (χ4n) is 0.926. The molecule has 0 fully saturated rings. The number of halogens is 2. The Labute approximate surface area is 87.5 Å². The summed E-state index contributed by atoms with van der Waals surface area (Å²) in [6.07, 6.45) is 0. The second-order valence-electron chi connectivity index (χ2n) is 2.49. The average Bonchev–Trinajstić information content (AvgIpc) is 2.08. The standard InChI is InChI=1S/C8H8Br2O2/c1-4-2-5(3-11)6(9)7(10)8(4)12/h2,11-12H,3H2,1H3. The zero-order chi connectivity index (χ0) is 9.30. The Morgan fingerprint density at radius 1 is 1.33 bits per heavy atom. The van der Waals surface area contributed by atoms with Crippen molar-refractivity contribution in [3.63, 3.8) is 0 Å². The molecule has 0 aliphatic heterocycles. The second-order valence-corrected chi connectivity index (χ2v) is 4.07. The lowest BCUT2D eigenvalue weighted by molar-refractivity contribution is 0.280. The number of aryl methyl sites for hydroxylation is 1. The number of hydrogen-bond acceptors (Lipinski definition) is 2. The van der Waals surface area contributed by atoms with E-state index >= 15 is 0 Å². The van der Waals surface area contributed by atoms with Crippen molar-refractivity contribution in [1.29, 1.82) is 0 Å². The van der Waals surface area contributed by atoms with E-state index in [1.54, 1.807) is 13.0 Å². The first-order valence-corrected chi connectivity index (χ1v) is 4.93. The third kappa shape index (κ3) is 1.65. The highest BCUT2D eigenvalue weighted by atomic mass is 79.9. The zero-order valence-electron chi connectivity index (χ0n) is 6.43. The van der Waals surface area contributed by atoms with E-state index in [2.05, 4.69) is 31.9 Å². The van der Waals surface area contributed by atoms with E-state index in [0.717, 1.165) is 11.1 Å². The van der Waals surface area contributed by atoms with E-state index in [1.807, 2.05) is 0 Å². The Kier molecular flexibility index (Phi) is 3.15. The Balaban J connectivity index is 3.39. The molecule has 0 heterocycles. The third-order valence-corrected chi connectivity index (χ3v) is 3.83. The summed E-state index contributed by atoms with van der Waals surface area (Å²) in [4.78, 5) is 0. The summed E-state index contributed by atoms with van der Waals surface area (Å²) in [6, 6.07) is 1.74. The topological polar surface area (TPSA) is 40.5 Å². The Morgan fingerprint density at radius 2 is 1.92 bits per heavy atom. The molecule has 0 aliphatic rings. The minimum Gasteiger partial charge on any atom is -0.506 e. The highest BCUT2D eigenvalue weighted by molar-refractivity contribution is 9.13. The predicted octanol–water partition coefficient (Wildman–Crippen LogP) is 2.72. The summed E-state index contributed by atoms with van der Waals surface area (Å²) < 4.78 is 1.29. The van der Waals surface area contributed by atoms with Crippen molar-refractivity contribution in [2.75, 3.05) is 0 Å². The van der Waals surface area contributed by atoms with Crippen LogP contribution in [0.25, 0.3) is 0 Å². The molecule has 0 aliphatic carbocycles. The molecule has 1 aromatic carbocycles. The van der Waals surface area contributed by atoms with E-state index < -0.39 is 0 Å². The molecule has 2 N–H and O–H groups in total. The monoisotopic (exact) mass is 294 g/mol. The van der Waals surface area contributed by atoms with Gasteiger partial charge in [0, 0.05) is 4.47 Å². The Bertz CT molecular complexity index is 310. The van der Waals surface area contributed by atoms with Gasteiger partial charge in [-0.3, -0.25) is 0 Å². The first-order chi connectivity index (χ1) is 5.57. The minimum absolute atomic E-state index is 0.0414. The van der Waals surface area contributed by atoms with Gasteiger partial charge >= 0.3 is 0 Å². The minimum atomic E-state index is -0.0414. The maximum absolute atomic E-state index is 9.45. The first-order valence-electron chi connectivity index (χ1n) is 3.35. The highest BCUT2D eigenvalue weighted by Gasteiger charge is 2.10. The van der Waals surface area contributed by atoms with Gasteiger partial charge in [0.1, 0.15) is 5.75 Å². The smallest absolute Gasteiger partial charge is 0.133 e. The maximum Gasteiger partial charge on any atom is 0.133 e. The van der Waals surface area contributed by atoms with Crippen LogP contribution >= 0.6 is 31.9 Å². The molecule has 2 nitrogen and oxygen atoms in total. The van der Waals surface area contributed by atoms with Gasteiger partial charge in [-0.2, -0.15) is 0 Å². The fraction of sp³-hybridized carbons (Fsp3) is 0.250. The molecule has 1 rings (SSSR count). The molecule has 0 radical (unpaired) electrons. The van der Waals surface area contributed by atoms with Crippen LogP contribution in [0.5, 0.6) is 5.75 Å². The van der Waals surface area contributed by atoms with Gasteiger partial charge in [0.05, 0.1) is 11.1 Å². The average molecular weight is 296 g/mol. The largest absolute Gasteiger partial charge is 0.506 e. The lowest BCUT2D eigenvalue weighted by Gasteiger charge is -2.07. The van der Waals surface area contributed by atoms with E-state index in [-0.39, 0.29) is 12.4 Å². The van der Waals surface area contributed by atoms with E-state index in [9.17, 15) is 5.11 Å². The molecule has 0 unspecified atom stereocenters. The molecule has 0 atom stereocenters. The highest BCUT2D eigenvalue weighted by Crippen LogP contribution is 2.37. The Hall–Kier alpha value is -0.0600. The lowest BCUT2D eigenvalue weighted by Crippen LogP contribution is -1.89. The van der Waals surface area contributed by atoms with Gasteiger partial charge in [0.15, 0.2) is 0 Å². The van der Waals surface area contributed by atoms with Crippen LogP contribution in [0.1, 0.15) is 11.1 Å². The van der Waals surface area contributed by atoms with Crippen LogP contribution in [0, 0.1) is 6.92 Å². The molecular weight excluding hydrogens is 288 g/mol.